The highest BCUT2D eigenvalue weighted by atomic mass is 35.5. The normalized spacial score (nSPS) is 11.8. The van der Waals surface area contributed by atoms with Crippen LogP contribution in [0.5, 0.6) is 0 Å². The van der Waals surface area contributed by atoms with Gasteiger partial charge in [-0.25, -0.2) is 8.42 Å². The summed E-state index contributed by atoms with van der Waals surface area (Å²) in [6.45, 7) is 4.73. The van der Waals surface area contributed by atoms with Crippen LogP contribution in [0.25, 0.3) is 0 Å². The minimum atomic E-state index is -3.60. The number of benzene rings is 1. The standard InChI is InChI=1S/C13H17Cl2NO3S/c1-3-7-16(8-4-2)20(18,19)10-5-6-11(13(15)17)12(14)9-10/h5-6,9H,3-4,7-8H2,1-2H3. The number of hydrogen-bond acceptors (Lipinski definition) is 3. The summed E-state index contributed by atoms with van der Waals surface area (Å²) in [7, 11) is -3.60. The molecule has 1 aromatic carbocycles. The molecule has 112 valence electrons. The van der Waals surface area contributed by atoms with Gasteiger partial charge in [-0.05, 0) is 42.6 Å². The predicted molar refractivity (Wildman–Crippen MR) is 81.0 cm³/mol. The van der Waals surface area contributed by atoms with Gasteiger partial charge >= 0.3 is 0 Å². The summed E-state index contributed by atoms with van der Waals surface area (Å²) < 4.78 is 26.4. The van der Waals surface area contributed by atoms with Crippen molar-refractivity contribution in [2.45, 2.75) is 31.6 Å². The van der Waals surface area contributed by atoms with E-state index in [2.05, 4.69) is 0 Å². The first kappa shape index (κ1) is 17.4. The van der Waals surface area contributed by atoms with Crippen LogP contribution in [0.3, 0.4) is 0 Å². The number of rotatable bonds is 7. The molecule has 0 atom stereocenters. The van der Waals surface area contributed by atoms with E-state index in [0.717, 1.165) is 12.8 Å². The van der Waals surface area contributed by atoms with E-state index in [1.807, 2.05) is 13.8 Å². The van der Waals surface area contributed by atoms with E-state index >= 15 is 0 Å². The highest BCUT2D eigenvalue weighted by molar-refractivity contribution is 7.89. The molecule has 1 rings (SSSR count). The fraction of sp³-hybridized carbons (Fsp3) is 0.462. The summed E-state index contributed by atoms with van der Waals surface area (Å²) in [6.07, 6.45) is 1.45. The van der Waals surface area contributed by atoms with Crippen molar-refractivity contribution in [2.24, 2.45) is 0 Å². The summed E-state index contributed by atoms with van der Waals surface area (Å²) in [6, 6.07) is 3.96. The maximum Gasteiger partial charge on any atom is 0.253 e. The molecule has 0 aliphatic rings. The van der Waals surface area contributed by atoms with E-state index in [4.69, 9.17) is 23.2 Å². The van der Waals surface area contributed by atoms with E-state index in [1.165, 1.54) is 22.5 Å². The van der Waals surface area contributed by atoms with Crippen LogP contribution in [-0.4, -0.2) is 31.1 Å². The molecule has 7 heteroatoms. The molecule has 0 spiro atoms. The smallest absolute Gasteiger partial charge is 0.253 e. The molecule has 1 aromatic rings. The van der Waals surface area contributed by atoms with E-state index in [9.17, 15) is 13.2 Å². The Labute approximate surface area is 129 Å². The SMILES string of the molecule is CCCN(CCC)S(=O)(=O)c1ccc(C(=O)Cl)c(Cl)c1. The molecule has 0 fully saturated rings. The maximum atomic E-state index is 12.5. The van der Waals surface area contributed by atoms with Gasteiger partial charge in [0.15, 0.2) is 0 Å². The molecule has 4 nitrogen and oxygen atoms in total. The lowest BCUT2D eigenvalue weighted by molar-refractivity contribution is 0.108. The van der Waals surface area contributed by atoms with Crippen molar-refractivity contribution < 1.29 is 13.2 Å². The summed E-state index contributed by atoms with van der Waals surface area (Å²) in [5, 5.41) is -0.669. The topological polar surface area (TPSA) is 54.5 Å². The first-order valence-corrected chi connectivity index (χ1v) is 8.53. The highest BCUT2D eigenvalue weighted by Crippen LogP contribution is 2.24. The number of carbonyl (C=O) groups excluding carboxylic acids is 1. The Balaban J connectivity index is 3.20. The van der Waals surface area contributed by atoms with Gasteiger partial charge in [0.25, 0.3) is 5.24 Å². The molecule has 0 heterocycles. The Morgan fingerprint density at radius 3 is 2.15 bits per heavy atom. The zero-order chi connectivity index (χ0) is 15.3. The average Bonchev–Trinajstić information content (AvgIpc) is 2.37. The Morgan fingerprint density at radius 2 is 1.75 bits per heavy atom. The maximum absolute atomic E-state index is 12.5. The zero-order valence-electron chi connectivity index (χ0n) is 11.4. The second-order valence-electron chi connectivity index (χ2n) is 4.32. The largest absolute Gasteiger partial charge is 0.276 e. The molecule has 0 aromatic heterocycles. The van der Waals surface area contributed by atoms with Crippen molar-refractivity contribution in [2.75, 3.05) is 13.1 Å². The van der Waals surface area contributed by atoms with Crippen molar-refractivity contribution in [3.05, 3.63) is 28.8 Å². The molecular weight excluding hydrogens is 321 g/mol. The van der Waals surface area contributed by atoms with Crippen LogP contribution in [0, 0.1) is 0 Å². The summed E-state index contributed by atoms with van der Waals surface area (Å²) in [4.78, 5) is 11.2. The lowest BCUT2D eigenvalue weighted by Crippen LogP contribution is -2.32. The molecule has 0 saturated heterocycles. The van der Waals surface area contributed by atoms with Gasteiger partial charge < -0.3 is 0 Å². The van der Waals surface area contributed by atoms with Crippen molar-refractivity contribution in [1.82, 2.24) is 4.31 Å². The molecule has 0 radical (unpaired) electrons. The van der Waals surface area contributed by atoms with Gasteiger partial charge in [0, 0.05) is 13.1 Å². The van der Waals surface area contributed by atoms with E-state index < -0.39 is 15.3 Å². The number of nitrogens with zero attached hydrogens (tertiary/aromatic N) is 1. The monoisotopic (exact) mass is 337 g/mol. The third-order valence-corrected chi connectivity index (χ3v) is 5.15. The molecule has 0 saturated carbocycles. The fourth-order valence-electron chi connectivity index (χ4n) is 1.82. The first-order chi connectivity index (χ1) is 9.34. The van der Waals surface area contributed by atoms with Gasteiger partial charge in [0.1, 0.15) is 0 Å². The van der Waals surface area contributed by atoms with Gasteiger partial charge in [0.05, 0.1) is 15.5 Å². The molecular formula is C13H17Cl2NO3S. The third kappa shape index (κ3) is 3.95. The number of halogens is 2. The molecule has 0 aliphatic carbocycles. The number of hydrogen-bond donors (Lipinski definition) is 0. The lowest BCUT2D eigenvalue weighted by Gasteiger charge is -2.21. The van der Waals surface area contributed by atoms with Crippen molar-refractivity contribution >= 4 is 38.5 Å². The fourth-order valence-corrected chi connectivity index (χ4v) is 4.01. The van der Waals surface area contributed by atoms with Gasteiger partial charge in [-0.1, -0.05) is 25.4 Å². The van der Waals surface area contributed by atoms with Crippen molar-refractivity contribution in [3.8, 4) is 0 Å². The van der Waals surface area contributed by atoms with Gasteiger partial charge in [0.2, 0.25) is 10.0 Å². The van der Waals surface area contributed by atoms with Crippen LogP contribution in [0.2, 0.25) is 5.02 Å². The third-order valence-electron chi connectivity index (χ3n) is 2.74. The summed E-state index contributed by atoms with van der Waals surface area (Å²) >= 11 is 11.3. The second-order valence-corrected chi connectivity index (χ2v) is 7.01. The minimum Gasteiger partial charge on any atom is -0.276 e. The van der Waals surface area contributed by atoms with Gasteiger partial charge in [-0.2, -0.15) is 4.31 Å². The molecule has 0 N–H and O–H groups in total. The number of sulfonamides is 1. The van der Waals surface area contributed by atoms with Crippen LogP contribution < -0.4 is 0 Å². The Hall–Kier alpha value is -0.620. The van der Waals surface area contributed by atoms with E-state index in [1.54, 1.807) is 0 Å². The number of carbonyl (C=O) groups is 1. The lowest BCUT2D eigenvalue weighted by atomic mass is 10.2. The van der Waals surface area contributed by atoms with Crippen molar-refractivity contribution in [1.29, 1.82) is 0 Å². The van der Waals surface area contributed by atoms with E-state index in [0.29, 0.717) is 13.1 Å². The Bertz CT molecular complexity index is 581. The molecule has 0 aliphatic heterocycles. The predicted octanol–water partition coefficient (Wildman–Crippen LogP) is 3.53. The molecule has 0 bridgehead atoms. The second kappa shape index (κ2) is 7.41. The first-order valence-electron chi connectivity index (χ1n) is 6.34. The summed E-state index contributed by atoms with van der Waals surface area (Å²) in [5.74, 6) is 0. The average molecular weight is 338 g/mol. The molecule has 0 unspecified atom stereocenters. The quantitative estimate of drug-likeness (QED) is 0.715. The van der Waals surface area contributed by atoms with Crippen LogP contribution in [0.4, 0.5) is 0 Å². The van der Waals surface area contributed by atoms with Crippen LogP contribution >= 0.6 is 23.2 Å². The van der Waals surface area contributed by atoms with Crippen LogP contribution in [-0.2, 0) is 10.0 Å². The Kier molecular flexibility index (Phi) is 6.45. The van der Waals surface area contributed by atoms with Crippen molar-refractivity contribution in [3.63, 3.8) is 0 Å². The van der Waals surface area contributed by atoms with Gasteiger partial charge in [-0.15, -0.1) is 0 Å². The van der Waals surface area contributed by atoms with Crippen LogP contribution in [0.15, 0.2) is 23.1 Å². The molecule has 0 amide bonds. The summed E-state index contributed by atoms with van der Waals surface area (Å²) in [5.41, 5.74) is 0.102. The Morgan fingerprint density at radius 1 is 1.20 bits per heavy atom. The minimum absolute atomic E-state index is 0.0408. The van der Waals surface area contributed by atoms with Gasteiger partial charge in [-0.3, -0.25) is 4.79 Å². The van der Waals surface area contributed by atoms with E-state index in [-0.39, 0.29) is 15.5 Å². The zero-order valence-corrected chi connectivity index (χ0v) is 13.7. The highest BCUT2D eigenvalue weighted by Gasteiger charge is 2.24. The van der Waals surface area contributed by atoms with Crippen LogP contribution in [0.1, 0.15) is 37.0 Å². The molecule has 20 heavy (non-hydrogen) atoms.